The molecule has 2 rings (SSSR count). The van der Waals surface area contributed by atoms with E-state index in [1.165, 1.54) is 0 Å². The fourth-order valence-electron chi connectivity index (χ4n) is 2.12. The van der Waals surface area contributed by atoms with Crippen LogP contribution in [0.3, 0.4) is 0 Å². The van der Waals surface area contributed by atoms with Gasteiger partial charge in [-0.25, -0.2) is 8.42 Å². The Hall–Kier alpha value is -2.39. The lowest BCUT2D eigenvalue weighted by molar-refractivity contribution is -0.137. The highest BCUT2D eigenvalue weighted by molar-refractivity contribution is 7.92. The van der Waals surface area contributed by atoms with Crippen LogP contribution in [0.2, 0.25) is 0 Å². The summed E-state index contributed by atoms with van der Waals surface area (Å²) in [5.41, 5.74) is 1.74. The van der Waals surface area contributed by atoms with Crippen molar-refractivity contribution in [1.82, 2.24) is 4.90 Å². The first kappa shape index (κ1) is 17.0. The maximum absolute atomic E-state index is 12.0. The molecule has 0 spiro atoms. The molecule has 0 saturated heterocycles. The molecule has 1 aliphatic rings. The summed E-state index contributed by atoms with van der Waals surface area (Å²) >= 11 is 0. The molecule has 3 N–H and O–H groups in total. The number of nitrogens with zero attached hydrogens (tertiary/aromatic N) is 1. The number of amides is 2. The zero-order valence-corrected chi connectivity index (χ0v) is 13.5. The molecule has 0 atom stereocenters. The molecule has 0 fully saturated rings. The Balaban J connectivity index is 2.16. The van der Waals surface area contributed by atoms with Gasteiger partial charge in [0.15, 0.2) is 0 Å². The second-order valence-electron chi connectivity index (χ2n) is 5.11. The Kier molecular flexibility index (Phi) is 4.71. The Labute approximate surface area is 133 Å². The summed E-state index contributed by atoms with van der Waals surface area (Å²) < 4.78 is 24.9. The van der Waals surface area contributed by atoms with Crippen LogP contribution in [0.5, 0.6) is 0 Å². The van der Waals surface area contributed by atoms with Crippen LogP contribution in [0.25, 0.3) is 0 Å². The van der Waals surface area contributed by atoms with Crippen molar-refractivity contribution in [3.63, 3.8) is 0 Å². The van der Waals surface area contributed by atoms with Gasteiger partial charge >= 0.3 is 0 Å². The number of aryl methyl sites for hydroxylation is 1. The molecule has 1 aliphatic heterocycles. The number of sulfonamides is 1. The number of hydrogen-bond donors (Lipinski definition) is 3. The molecule has 0 bridgehead atoms. The van der Waals surface area contributed by atoms with Crippen molar-refractivity contribution in [1.29, 1.82) is 0 Å². The van der Waals surface area contributed by atoms with Gasteiger partial charge in [-0.05, 0) is 30.7 Å². The number of nitrogens with one attached hydrogen (secondary N) is 2. The number of anilines is 2. The van der Waals surface area contributed by atoms with Crippen LogP contribution < -0.4 is 10.0 Å². The highest BCUT2D eigenvalue weighted by Gasteiger charge is 2.30. The summed E-state index contributed by atoms with van der Waals surface area (Å²) in [5, 5.41) is 11.7. The topological polar surface area (TPSA) is 116 Å². The highest BCUT2D eigenvalue weighted by Crippen LogP contribution is 2.23. The van der Waals surface area contributed by atoms with Crippen molar-refractivity contribution >= 4 is 33.2 Å². The van der Waals surface area contributed by atoms with Crippen molar-refractivity contribution in [2.75, 3.05) is 29.4 Å². The van der Waals surface area contributed by atoms with Crippen molar-refractivity contribution in [3.8, 4) is 0 Å². The van der Waals surface area contributed by atoms with E-state index < -0.39 is 21.8 Å². The molecule has 0 aliphatic carbocycles. The molecule has 124 valence electrons. The van der Waals surface area contributed by atoms with E-state index in [1.54, 1.807) is 25.1 Å². The largest absolute Gasteiger partial charge is 0.395 e. The summed E-state index contributed by atoms with van der Waals surface area (Å²) in [7, 11) is -3.38. The van der Waals surface area contributed by atoms with E-state index >= 15 is 0 Å². The quantitative estimate of drug-likeness (QED) is 0.630. The number of β-amino-alcohol motifs (C(OH)–C–C–N with tert-alkyl or cyclic N) is 1. The Bertz CT molecular complexity index is 786. The van der Waals surface area contributed by atoms with Crippen LogP contribution in [0, 0.1) is 6.92 Å². The molecule has 23 heavy (non-hydrogen) atoms. The van der Waals surface area contributed by atoms with Crippen LogP contribution in [-0.4, -0.2) is 49.6 Å². The average molecular weight is 339 g/mol. The number of carbonyl (C=O) groups excluding carboxylic acids is 2. The van der Waals surface area contributed by atoms with Gasteiger partial charge < -0.3 is 10.4 Å². The molecule has 1 aromatic carbocycles. The maximum Gasteiger partial charge on any atom is 0.277 e. The number of aliphatic hydroxyl groups excluding tert-OH is 1. The monoisotopic (exact) mass is 339 g/mol. The average Bonchev–Trinajstić information content (AvgIpc) is 2.69. The molecule has 1 aromatic rings. The molecule has 8 nitrogen and oxygen atoms in total. The minimum atomic E-state index is -3.38. The predicted molar refractivity (Wildman–Crippen MR) is 85.2 cm³/mol. The standard InChI is InChI=1S/C14H17N3O5S/c1-9-7-10(3-4-11(9)16-23(2,21)22)15-12-8-13(19)17(5-6-18)14(12)20/h3-4,7-8,15-16,18H,5-6H2,1-2H3. The minimum absolute atomic E-state index is 0.0599. The molecule has 9 heteroatoms. The summed E-state index contributed by atoms with van der Waals surface area (Å²) in [4.78, 5) is 24.6. The smallest absolute Gasteiger partial charge is 0.277 e. The number of hydrogen-bond acceptors (Lipinski definition) is 6. The summed E-state index contributed by atoms with van der Waals surface area (Å²) in [6.45, 7) is 1.35. The van der Waals surface area contributed by atoms with E-state index in [4.69, 9.17) is 5.11 Å². The molecule has 0 aromatic heterocycles. The predicted octanol–water partition coefficient (Wildman–Crippen LogP) is 0.0234. The van der Waals surface area contributed by atoms with Gasteiger partial charge in [0.2, 0.25) is 10.0 Å². The van der Waals surface area contributed by atoms with Gasteiger partial charge in [0.1, 0.15) is 5.70 Å². The first-order valence-electron chi connectivity index (χ1n) is 6.75. The third kappa shape index (κ3) is 4.08. The maximum atomic E-state index is 12.0. The van der Waals surface area contributed by atoms with E-state index in [-0.39, 0.29) is 18.8 Å². The van der Waals surface area contributed by atoms with E-state index in [0.29, 0.717) is 16.9 Å². The van der Waals surface area contributed by atoms with Crippen LogP contribution in [0.4, 0.5) is 11.4 Å². The zero-order valence-electron chi connectivity index (χ0n) is 12.7. The fourth-order valence-corrected chi connectivity index (χ4v) is 2.75. The SMILES string of the molecule is Cc1cc(NC2=CC(=O)N(CCO)C2=O)ccc1NS(C)(=O)=O. The van der Waals surface area contributed by atoms with Gasteiger partial charge in [-0.2, -0.15) is 0 Å². The molecular formula is C14H17N3O5S. The Morgan fingerprint density at radius 2 is 1.96 bits per heavy atom. The van der Waals surface area contributed by atoms with Gasteiger partial charge in [0.05, 0.1) is 25.1 Å². The summed E-state index contributed by atoms with van der Waals surface area (Å²) in [6.07, 6.45) is 2.22. The molecule has 0 saturated carbocycles. The molecule has 0 unspecified atom stereocenters. The van der Waals surface area contributed by atoms with Gasteiger partial charge in [0.25, 0.3) is 11.8 Å². The summed E-state index contributed by atoms with van der Waals surface area (Å²) in [5.74, 6) is -1.00. The molecule has 2 amide bonds. The Morgan fingerprint density at radius 1 is 1.26 bits per heavy atom. The van der Waals surface area contributed by atoms with Gasteiger partial charge in [0, 0.05) is 11.8 Å². The third-order valence-corrected chi connectivity index (χ3v) is 3.72. The van der Waals surface area contributed by atoms with Crippen LogP contribution in [0.15, 0.2) is 30.0 Å². The molecule has 1 heterocycles. The number of carbonyl (C=O) groups is 2. The molecular weight excluding hydrogens is 322 g/mol. The van der Waals surface area contributed by atoms with E-state index in [9.17, 15) is 18.0 Å². The first-order valence-corrected chi connectivity index (χ1v) is 8.64. The van der Waals surface area contributed by atoms with Crippen molar-refractivity contribution in [3.05, 3.63) is 35.5 Å². The van der Waals surface area contributed by atoms with E-state index in [0.717, 1.165) is 17.2 Å². The second kappa shape index (κ2) is 6.39. The fraction of sp³-hybridized carbons (Fsp3) is 0.286. The number of rotatable bonds is 6. The van der Waals surface area contributed by atoms with Crippen LogP contribution in [-0.2, 0) is 19.6 Å². The van der Waals surface area contributed by atoms with Crippen LogP contribution >= 0.6 is 0 Å². The van der Waals surface area contributed by atoms with Gasteiger partial charge in [-0.15, -0.1) is 0 Å². The Morgan fingerprint density at radius 3 is 2.52 bits per heavy atom. The van der Waals surface area contributed by atoms with Crippen molar-refractivity contribution < 1.29 is 23.1 Å². The number of imide groups is 1. The summed E-state index contributed by atoms with van der Waals surface area (Å²) in [6, 6.07) is 4.81. The van der Waals surface area contributed by atoms with Crippen molar-refractivity contribution in [2.24, 2.45) is 0 Å². The lowest BCUT2D eigenvalue weighted by atomic mass is 10.2. The van der Waals surface area contributed by atoms with Gasteiger partial charge in [-0.3, -0.25) is 19.2 Å². The third-order valence-electron chi connectivity index (χ3n) is 3.13. The first-order chi connectivity index (χ1) is 10.7. The number of aliphatic hydroxyl groups is 1. The van der Waals surface area contributed by atoms with Gasteiger partial charge in [-0.1, -0.05) is 0 Å². The highest BCUT2D eigenvalue weighted by atomic mass is 32.2. The molecule has 0 radical (unpaired) electrons. The van der Waals surface area contributed by atoms with E-state index in [1.807, 2.05) is 0 Å². The second-order valence-corrected chi connectivity index (χ2v) is 6.85. The van der Waals surface area contributed by atoms with E-state index in [2.05, 4.69) is 10.0 Å². The van der Waals surface area contributed by atoms with Crippen molar-refractivity contribution in [2.45, 2.75) is 6.92 Å². The number of benzene rings is 1. The lowest BCUT2D eigenvalue weighted by Crippen LogP contribution is -2.34. The zero-order chi connectivity index (χ0) is 17.2. The minimum Gasteiger partial charge on any atom is -0.395 e. The lowest BCUT2D eigenvalue weighted by Gasteiger charge is -2.14. The normalized spacial score (nSPS) is 14.9. The van der Waals surface area contributed by atoms with Crippen LogP contribution in [0.1, 0.15) is 5.56 Å².